The zero-order chi connectivity index (χ0) is 29.9. The van der Waals surface area contributed by atoms with Crippen LogP contribution in [0.3, 0.4) is 0 Å². The number of hydrogen-bond acceptors (Lipinski definition) is 8. The fraction of sp³-hybridized carbons (Fsp3) is 0.467. The molecule has 1 fully saturated rings. The number of carbonyl (C=O) groups excluding carboxylic acids is 2. The topological polar surface area (TPSA) is 112 Å². The summed E-state index contributed by atoms with van der Waals surface area (Å²) in [5.74, 6) is 6.75. The molecule has 3 N–H and O–H groups in total. The maximum Gasteiger partial charge on any atom is 0.246 e. The van der Waals surface area contributed by atoms with E-state index in [1.807, 2.05) is 19.0 Å². The Kier molecular flexibility index (Phi) is 11.5. The SMILES string of the molecule is CNc1nc(Nc2ccc(OC)c(F)c2)ncc1C#C[C@@H]1CCC[C@H](NC(=O)[C@H](C)N(C)C(=O)/C=C/CN(C)C)C1. The molecule has 1 aromatic carbocycles. The van der Waals surface area contributed by atoms with Crippen LogP contribution in [0.4, 0.5) is 21.8 Å². The van der Waals surface area contributed by atoms with E-state index in [0.717, 1.165) is 25.7 Å². The molecule has 220 valence electrons. The summed E-state index contributed by atoms with van der Waals surface area (Å²) in [7, 11) is 8.64. The third-order valence-electron chi connectivity index (χ3n) is 6.90. The van der Waals surface area contributed by atoms with Gasteiger partial charge < -0.3 is 30.5 Å². The van der Waals surface area contributed by atoms with Gasteiger partial charge in [0.2, 0.25) is 17.8 Å². The second-order valence-electron chi connectivity index (χ2n) is 10.3. The van der Waals surface area contributed by atoms with Crippen LogP contribution in [-0.4, -0.2) is 85.5 Å². The van der Waals surface area contributed by atoms with Gasteiger partial charge in [0.05, 0.1) is 18.9 Å². The van der Waals surface area contributed by atoms with E-state index >= 15 is 0 Å². The van der Waals surface area contributed by atoms with Crippen LogP contribution in [0.1, 0.15) is 38.2 Å². The number of rotatable bonds is 10. The molecule has 2 amide bonds. The van der Waals surface area contributed by atoms with E-state index in [-0.39, 0.29) is 29.5 Å². The van der Waals surface area contributed by atoms with Crippen LogP contribution in [0.15, 0.2) is 36.5 Å². The van der Waals surface area contributed by atoms with Crippen LogP contribution in [0, 0.1) is 23.6 Å². The maximum atomic E-state index is 14.0. The third-order valence-corrected chi connectivity index (χ3v) is 6.90. The van der Waals surface area contributed by atoms with E-state index in [4.69, 9.17) is 4.74 Å². The molecule has 2 aromatic rings. The van der Waals surface area contributed by atoms with Gasteiger partial charge in [-0.15, -0.1) is 0 Å². The first-order valence-corrected chi connectivity index (χ1v) is 13.7. The first-order chi connectivity index (χ1) is 19.6. The van der Waals surface area contributed by atoms with Crippen LogP contribution in [0.25, 0.3) is 0 Å². The molecule has 1 aliphatic carbocycles. The number of methoxy groups -OCH3 is 1. The van der Waals surface area contributed by atoms with Gasteiger partial charge in [0.25, 0.3) is 0 Å². The van der Waals surface area contributed by atoms with Crippen LogP contribution in [-0.2, 0) is 9.59 Å². The molecule has 1 heterocycles. The number of likely N-dealkylation sites (N-methyl/N-ethyl adjacent to an activating group) is 2. The average Bonchev–Trinajstić information content (AvgIpc) is 2.95. The summed E-state index contributed by atoms with van der Waals surface area (Å²) in [6.07, 6.45) is 8.38. The average molecular weight is 566 g/mol. The fourth-order valence-corrected chi connectivity index (χ4v) is 4.40. The van der Waals surface area contributed by atoms with Crippen LogP contribution < -0.4 is 20.7 Å². The standard InChI is InChI=1S/C30H40FN7O3/c1-20(38(5)27(39)11-8-16-37(3)4)29(40)34-23-10-7-9-21(17-23)12-13-22-19-33-30(36-28(22)32-2)35-24-14-15-26(41-6)25(31)18-24/h8,11,14-15,18-21,23H,7,9-10,16-17H2,1-6H3,(H,34,40)(H2,32,33,35,36)/b11-8+/t20-,21-,23-/m0/s1. The molecular formula is C30H40FN7O3. The zero-order valence-corrected chi connectivity index (χ0v) is 24.6. The number of amides is 2. The Bertz CT molecular complexity index is 1300. The number of anilines is 3. The molecule has 11 heteroatoms. The van der Waals surface area contributed by atoms with E-state index in [0.29, 0.717) is 29.6 Å². The third kappa shape index (κ3) is 9.18. The van der Waals surface area contributed by atoms with Crippen molar-refractivity contribution in [2.24, 2.45) is 5.92 Å². The predicted molar refractivity (Wildman–Crippen MR) is 159 cm³/mol. The van der Waals surface area contributed by atoms with Crippen molar-refractivity contribution in [3.8, 4) is 17.6 Å². The second-order valence-corrected chi connectivity index (χ2v) is 10.3. The molecule has 3 atom stereocenters. The molecule has 0 radical (unpaired) electrons. The van der Waals surface area contributed by atoms with Gasteiger partial charge in [-0.05, 0) is 52.4 Å². The molecule has 0 spiro atoms. The van der Waals surface area contributed by atoms with Crippen molar-refractivity contribution >= 4 is 29.3 Å². The van der Waals surface area contributed by atoms with E-state index in [1.54, 1.807) is 39.4 Å². The van der Waals surface area contributed by atoms with Crippen LogP contribution in [0.5, 0.6) is 5.75 Å². The number of nitrogens with zero attached hydrogens (tertiary/aromatic N) is 4. The number of hydrogen-bond donors (Lipinski definition) is 3. The number of carbonyl (C=O) groups is 2. The summed E-state index contributed by atoms with van der Waals surface area (Å²) in [4.78, 5) is 37.5. The van der Waals surface area contributed by atoms with Gasteiger partial charge in [-0.2, -0.15) is 4.98 Å². The number of halogens is 1. The molecular weight excluding hydrogens is 525 g/mol. The summed E-state index contributed by atoms with van der Waals surface area (Å²) < 4.78 is 19.0. The lowest BCUT2D eigenvalue weighted by Crippen LogP contribution is -2.49. The molecule has 41 heavy (non-hydrogen) atoms. The van der Waals surface area contributed by atoms with E-state index in [9.17, 15) is 14.0 Å². The summed E-state index contributed by atoms with van der Waals surface area (Å²) in [5.41, 5.74) is 1.13. The minimum Gasteiger partial charge on any atom is -0.494 e. The van der Waals surface area contributed by atoms with Gasteiger partial charge in [-0.3, -0.25) is 9.59 Å². The highest BCUT2D eigenvalue weighted by Gasteiger charge is 2.26. The van der Waals surface area contributed by atoms with Gasteiger partial charge in [0, 0.05) is 50.4 Å². The quantitative estimate of drug-likeness (QED) is 0.297. The summed E-state index contributed by atoms with van der Waals surface area (Å²) in [5, 5.41) is 9.14. The number of aromatic nitrogens is 2. The largest absolute Gasteiger partial charge is 0.494 e. The van der Waals surface area contributed by atoms with Crippen molar-refractivity contribution in [2.75, 3.05) is 52.5 Å². The highest BCUT2D eigenvalue weighted by atomic mass is 19.1. The van der Waals surface area contributed by atoms with Gasteiger partial charge in [-0.1, -0.05) is 24.3 Å². The van der Waals surface area contributed by atoms with Crippen LogP contribution >= 0.6 is 0 Å². The first kappa shape index (κ1) is 31.4. The Morgan fingerprint density at radius 2 is 2.05 bits per heavy atom. The first-order valence-electron chi connectivity index (χ1n) is 13.7. The minimum atomic E-state index is -0.588. The van der Waals surface area contributed by atoms with Crippen molar-refractivity contribution < 1.29 is 18.7 Å². The summed E-state index contributed by atoms with van der Waals surface area (Å²) in [6, 6.07) is 3.92. The Labute approximate surface area is 241 Å². The number of ether oxygens (including phenoxy) is 1. The summed E-state index contributed by atoms with van der Waals surface area (Å²) >= 11 is 0. The van der Waals surface area contributed by atoms with Crippen LogP contribution in [0.2, 0.25) is 0 Å². The van der Waals surface area contributed by atoms with Crippen molar-refractivity contribution in [1.29, 1.82) is 0 Å². The van der Waals surface area contributed by atoms with E-state index < -0.39 is 11.9 Å². The molecule has 1 saturated carbocycles. The monoisotopic (exact) mass is 565 g/mol. The summed E-state index contributed by atoms with van der Waals surface area (Å²) in [6.45, 7) is 2.38. The molecule has 1 aliphatic rings. The lowest BCUT2D eigenvalue weighted by atomic mass is 9.86. The minimum absolute atomic E-state index is 0.0118. The molecule has 3 rings (SSSR count). The Morgan fingerprint density at radius 1 is 1.27 bits per heavy atom. The number of benzene rings is 1. The van der Waals surface area contributed by atoms with Crippen molar-refractivity contribution in [2.45, 2.75) is 44.7 Å². The normalized spacial score (nSPS) is 17.4. The molecule has 0 saturated heterocycles. The second kappa shape index (κ2) is 15.0. The predicted octanol–water partition coefficient (Wildman–Crippen LogP) is 3.40. The molecule has 0 aliphatic heterocycles. The van der Waals surface area contributed by atoms with E-state index in [2.05, 4.69) is 37.8 Å². The zero-order valence-electron chi connectivity index (χ0n) is 24.6. The highest BCUT2D eigenvalue weighted by molar-refractivity contribution is 5.92. The molecule has 0 unspecified atom stereocenters. The smallest absolute Gasteiger partial charge is 0.246 e. The Morgan fingerprint density at radius 3 is 2.73 bits per heavy atom. The lowest BCUT2D eigenvalue weighted by Gasteiger charge is -2.30. The maximum absolute atomic E-state index is 14.0. The van der Waals surface area contributed by atoms with Gasteiger partial charge in [-0.25, -0.2) is 9.37 Å². The number of nitrogens with one attached hydrogen (secondary N) is 3. The lowest BCUT2D eigenvalue weighted by molar-refractivity contribution is -0.135. The van der Waals surface area contributed by atoms with Crippen molar-refractivity contribution in [3.05, 3.63) is 47.9 Å². The Balaban J connectivity index is 1.59. The highest BCUT2D eigenvalue weighted by Crippen LogP contribution is 2.25. The Hall–Kier alpha value is -4.17. The van der Waals surface area contributed by atoms with Gasteiger partial charge in [0.1, 0.15) is 11.9 Å². The van der Waals surface area contributed by atoms with Gasteiger partial charge >= 0.3 is 0 Å². The van der Waals surface area contributed by atoms with E-state index in [1.165, 1.54) is 30.2 Å². The molecule has 0 bridgehead atoms. The molecule has 1 aromatic heterocycles. The van der Waals surface area contributed by atoms with Crippen molar-refractivity contribution in [3.63, 3.8) is 0 Å². The molecule has 10 nitrogen and oxygen atoms in total. The fourth-order valence-electron chi connectivity index (χ4n) is 4.40. The van der Waals surface area contributed by atoms with Crippen molar-refractivity contribution in [1.82, 2.24) is 25.1 Å². The van der Waals surface area contributed by atoms with Gasteiger partial charge in [0.15, 0.2) is 11.6 Å².